The van der Waals surface area contributed by atoms with E-state index in [0.717, 1.165) is 46.6 Å². The molecule has 0 radical (unpaired) electrons. The first-order valence-corrected chi connectivity index (χ1v) is 10.2. The van der Waals surface area contributed by atoms with E-state index >= 15 is 0 Å². The summed E-state index contributed by atoms with van der Waals surface area (Å²) in [6, 6.07) is 17.8. The number of fused-ring (bicyclic) bond motifs is 1. The Morgan fingerprint density at radius 1 is 1.03 bits per heavy atom. The third-order valence-corrected chi connectivity index (χ3v) is 5.07. The van der Waals surface area contributed by atoms with Crippen molar-refractivity contribution in [1.82, 2.24) is 9.88 Å². The minimum atomic E-state index is -0.108. The molecule has 2 aromatic carbocycles. The fraction of sp³-hybridized carbons (Fsp3) is 0.280. The van der Waals surface area contributed by atoms with Gasteiger partial charge in [-0.15, -0.1) is 0 Å². The summed E-state index contributed by atoms with van der Waals surface area (Å²) in [7, 11) is 6.20. The summed E-state index contributed by atoms with van der Waals surface area (Å²) >= 11 is 0. The van der Waals surface area contributed by atoms with E-state index in [1.807, 2.05) is 61.5 Å². The first-order chi connectivity index (χ1) is 14.3. The van der Waals surface area contributed by atoms with Gasteiger partial charge in [0, 0.05) is 36.8 Å². The normalized spacial score (nSPS) is 11.7. The smallest absolute Gasteiger partial charge is 0.251 e. The summed E-state index contributed by atoms with van der Waals surface area (Å²) in [5.41, 5.74) is 4.51. The van der Waals surface area contributed by atoms with Crippen molar-refractivity contribution in [2.45, 2.75) is 13.8 Å². The monoisotopic (exact) mass is 402 g/mol. The van der Waals surface area contributed by atoms with Crippen molar-refractivity contribution in [3.63, 3.8) is 0 Å². The van der Waals surface area contributed by atoms with Gasteiger partial charge in [-0.25, -0.2) is 4.98 Å². The number of carbonyl (C=O) groups excluding carboxylic acids is 1. The van der Waals surface area contributed by atoms with Crippen LogP contribution in [0.2, 0.25) is 0 Å². The van der Waals surface area contributed by atoms with Crippen molar-refractivity contribution in [2.24, 2.45) is 0 Å². The Labute approximate surface area is 179 Å². The van der Waals surface area contributed by atoms with Gasteiger partial charge in [-0.3, -0.25) is 4.79 Å². The lowest BCUT2D eigenvalue weighted by atomic mass is 10.1. The standard InChI is InChI=1S/C25H30N4O/c1-18-16-24(29(5)14-13-28(3)4)27-23-12-11-21(17-22(18)23)26-25(30)19(2)15-20-9-7-6-8-10-20/h6-12,15-17H,13-14H2,1-5H3,(H,26,30). The lowest BCUT2D eigenvalue weighted by Crippen LogP contribution is -2.29. The van der Waals surface area contributed by atoms with Crippen LogP contribution < -0.4 is 10.2 Å². The van der Waals surface area contributed by atoms with Crippen LogP contribution in [0.15, 0.2) is 60.2 Å². The molecule has 30 heavy (non-hydrogen) atoms. The largest absolute Gasteiger partial charge is 0.358 e. The van der Waals surface area contributed by atoms with Crippen LogP contribution in [-0.2, 0) is 4.79 Å². The van der Waals surface area contributed by atoms with Crippen LogP contribution in [0.25, 0.3) is 17.0 Å². The topological polar surface area (TPSA) is 48.5 Å². The van der Waals surface area contributed by atoms with Crippen LogP contribution >= 0.6 is 0 Å². The van der Waals surface area contributed by atoms with E-state index < -0.39 is 0 Å². The average molecular weight is 403 g/mol. The van der Waals surface area contributed by atoms with E-state index in [0.29, 0.717) is 5.57 Å². The van der Waals surface area contributed by atoms with Crippen LogP contribution in [0.1, 0.15) is 18.1 Å². The van der Waals surface area contributed by atoms with Gasteiger partial charge in [0.15, 0.2) is 0 Å². The number of pyridine rings is 1. The molecule has 1 aromatic heterocycles. The van der Waals surface area contributed by atoms with E-state index in [4.69, 9.17) is 4.98 Å². The zero-order chi connectivity index (χ0) is 21.7. The number of nitrogens with zero attached hydrogens (tertiary/aromatic N) is 3. The molecule has 0 fully saturated rings. The van der Waals surface area contributed by atoms with E-state index in [2.05, 4.69) is 49.2 Å². The highest BCUT2D eigenvalue weighted by Crippen LogP contribution is 2.25. The van der Waals surface area contributed by atoms with Gasteiger partial charge in [-0.05, 0) is 69.4 Å². The number of hydrogen-bond acceptors (Lipinski definition) is 4. The molecule has 0 aliphatic rings. The van der Waals surface area contributed by atoms with Crippen LogP contribution in [-0.4, -0.2) is 50.0 Å². The van der Waals surface area contributed by atoms with Crippen molar-refractivity contribution >= 4 is 34.4 Å². The minimum absolute atomic E-state index is 0.108. The Hall–Kier alpha value is -3.18. The fourth-order valence-electron chi connectivity index (χ4n) is 3.21. The zero-order valence-corrected chi connectivity index (χ0v) is 18.4. The second kappa shape index (κ2) is 9.55. The molecule has 5 nitrogen and oxygen atoms in total. The molecule has 0 atom stereocenters. The molecule has 0 saturated heterocycles. The Kier molecular flexibility index (Phi) is 6.85. The molecular formula is C25H30N4O. The number of nitrogens with one attached hydrogen (secondary N) is 1. The molecule has 3 aromatic rings. The maximum atomic E-state index is 12.6. The van der Waals surface area contributed by atoms with Crippen LogP contribution in [0.4, 0.5) is 11.5 Å². The number of likely N-dealkylation sites (N-methyl/N-ethyl adjacent to an activating group) is 2. The highest BCUT2D eigenvalue weighted by Gasteiger charge is 2.10. The number of benzene rings is 2. The zero-order valence-electron chi connectivity index (χ0n) is 18.4. The van der Waals surface area contributed by atoms with Gasteiger partial charge in [0.2, 0.25) is 0 Å². The molecule has 0 aliphatic carbocycles. The Balaban J connectivity index is 1.78. The highest BCUT2D eigenvalue weighted by atomic mass is 16.1. The second-order valence-electron chi connectivity index (χ2n) is 7.95. The van der Waals surface area contributed by atoms with Crippen LogP contribution in [0.3, 0.4) is 0 Å². The van der Waals surface area contributed by atoms with Gasteiger partial charge in [0.1, 0.15) is 5.82 Å². The molecule has 1 amide bonds. The molecule has 1 heterocycles. The molecule has 0 spiro atoms. The number of aryl methyl sites for hydroxylation is 1. The Bertz CT molecular complexity index is 1060. The van der Waals surface area contributed by atoms with Crippen LogP contribution in [0, 0.1) is 6.92 Å². The van der Waals surface area contributed by atoms with Gasteiger partial charge < -0.3 is 15.1 Å². The van der Waals surface area contributed by atoms with Crippen molar-refractivity contribution in [2.75, 3.05) is 44.4 Å². The summed E-state index contributed by atoms with van der Waals surface area (Å²) in [6.07, 6.45) is 1.89. The summed E-state index contributed by atoms with van der Waals surface area (Å²) in [5, 5.41) is 4.04. The number of aromatic nitrogens is 1. The van der Waals surface area contributed by atoms with Crippen LogP contribution in [0.5, 0.6) is 0 Å². The molecule has 0 bridgehead atoms. The van der Waals surface area contributed by atoms with E-state index in [1.54, 1.807) is 0 Å². The van der Waals surface area contributed by atoms with E-state index in [1.165, 1.54) is 0 Å². The lowest BCUT2D eigenvalue weighted by molar-refractivity contribution is -0.112. The maximum Gasteiger partial charge on any atom is 0.251 e. The van der Waals surface area contributed by atoms with E-state index in [-0.39, 0.29) is 5.91 Å². The highest BCUT2D eigenvalue weighted by molar-refractivity contribution is 6.07. The third kappa shape index (κ3) is 5.45. The van der Waals surface area contributed by atoms with Gasteiger partial charge in [0.05, 0.1) is 5.52 Å². The van der Waals surface area contributed by atoms with Gasteiger partial charge in [-0.2, -0.15) is 0 Å². The third-order valence-electron chi connectivity index (χ3n) is 5.07. The molecule has 1 N–H and O–H groups in total. The summed E-state index contributed by atoms with van der Waals surface area (Å²) < 4.78 is 0. The molecule has 0 aliphatic heterocycles. The minimum Gasteiger partial charge on any atom is -0.358 e. The summed E-state index contributed by atoms with van der Waals surface area (Å²) in [5.74, 6) is 0.851. The second-order valence-corrected chi connectivity index (χ2v) is 7.95. The molecule has 3 rings (SSSR count). The maximum absolute atomic E-state index is 12.6. The number of carbonyl (C=O) groups is 1. The number of amides is 1. The summed E-state index contributed by atoms with van der Waals surface area (Å²) in [6.45, 7) is 5.79. The SMILES string of the molecule is CC(=Cc1ccccc1)C(=O)Nc1ccc2nc(N(C)CCN(C)C)cc(C)c2c1. The quantitative estimate of drug-likeness (QED) is 0.588. The molecular weight excluding hydrogens is 372 g/mol. The fourth-order valence-corrected chi connectivity index (χ4v) is 3.21. The Morgan fingerprint density at radius 3 is 2.47 bits per heavy atom. The first-order valence-electron chi connectivity index (χ1n) is 10.2. The van der Waals surface area contributed by atoms with Crippen molar-refractivity contribution < 1.29 is 4.79 Å². The van der Waals surface area contributed by atoms with Gasteiger partial charge in [-0.1, -0.05) is 30.3 Å². The molecule has 0 unspecified atom stereocenters. The van der Waals surface area contributed by atoms with Crippen molar-refractivity contribution in [1.29, 1.82) is 0 Å². The number of anilines is 2. The predicted octanol–water partition coefficient (Wildman–Crippen LogP) is 4.58. The predicted molar refractivity (Wildman–Crippen MR) is 127 cm³/mol. The summed E-state index contributed by atoms with van der Waals surface area (Å²) in [4.78, 5) is 21.7. The number of rotatable bonds is 7. The molecule has 5 heteroatoms. The molecule has 0 saturated carbocycles. The first kappa shape index (κ1) is 21.5. The van der Waals surface area contributed by atoms with Crippen molar-refractivity contribution in [3.8, 4) is 0 Å². The van der Waals surface area contributed by atoms with Gasteiger partial charge >= 0.3 is 0 Å². The van der Waals surface area contributed by atoms with Crippen molar-refractivity contribution in [3.05, 3.63) is 71.3 Å². The average Bonchev–Trinajstić information content (AvgIpc) is 2.72. The van der Waals surface area contributed by atoms with Gasteiger partial charge in [0.25, 0.3) is 5.91 Å². The van der Waals surface area contributed by atoms with E-state index in [9.17, 15) is 4.79 Å². The Morgan fingerprint density at radius 2 is 1.77 bits per heavy atom. The molecule has 156 valence electrons. The lowest BCUT2D eigenvalue weighted by Gasteiger charge is -2.21. The number of hydrogen-bond donors (Lipinski definition) is 1.